The van der Waals surface area contributed by atoms with E-state index < -0.39 is 0 Å². The van der Waals surface area contributed by atoms with Gasteiger partial charge in [0.2, 0.25) is 5.95 Å². The summed E-state index contributed by atoms with van der Waals surface area (Å²) >= 11 is 0. The summed E-state index contributed by atoms with van der Waals surface area (Å²) in [6, 6.07) is 12.7. The van der Waals surface area contributed by atoms with E-state index in [0.29, 0.717) is 42.6 Å². The molecule has 0 saturated heterocycles. The summed E-state index contributed by atoms with van der Waals surface area (Å²) in [6.45, 7) is 2.42. The molecule has 0 unspecified atom stereocenters. The van der Waals surface area contributed by atoms with Gasteiger partial charge in [-0.05, 0) is 50.0 Å². The average Bonchev–Trinajstić information content (AvgIpc) is 3.43. The Kier molecular flexibility index (Phi) is 7.78. The van der Waals surface area contributed by atoms with Crippen LogP contribution in [0, 0.1) is 0 Å². The molecule has 11 nitrogen and oxygen atoms in total. The van der Waals surface area contributed by atoms with E-state index in [9.17, 15) is 4.79 Å². The number of benzene rings is 1. The maximum Gasteiger partial charge on any atom is 0.256 e. The molecule has 4 aromatic rings. The fourth-order valence-corrected chi connectivity index (χ4v) is 4.13. The first-order valence-corrected chi connectivity index (χ1v) is 12.6. The summed E-state index contributed by atoms with van der Waals surface area (Å²) in [5.41, 5.74) is 9.65. The molecule has 1 aliphatic heterocycles. The fourth-order valence-electron chi connectivity index (χ4n) is 4.13. The molecule has 1 aromatic carbocycles. The van der Waals surface area contributed by atoms with Gasteiger partial charge in [-0.3, -0.25) is 4.79 Å². The van der Waals surface area contributed by atoms with Gasteiger partial charge in [0.25, 0.3) is 5.91 Å². The number of rotatable bonds is 10. The average molecular weight is 527 g/mol. The van der Waals surface area contributed by atoms with Crippen LogP contribution in [0.2, 0.25) is 0 Å². The van der Waals surface area contributed by atoms with Crippen molar-refractivity contribution in [1.82, 2.24) is 24.8 Å². The van der Waals surface area contributed by atoms with Crippen LogP contribution in [0.4, 0.5) is 17.6 Å². The molecule has 4 N–H and O–H groups in total. The predicted octanol–water partition coefficient (Wildman–Crippen LogP) is 3.26. The van der Waals surface area contributed by atoms with Gasteiger partial charge in [0.1, 0.15) is 29.7 Å². The molecule has 1 aliphatic rings. The van der Waals surface area contributed by atoms with E-state index in [2.05, 4.69) is 30.6 Å². The molecule has 39 heavy (non-hydrogen) atoms. The molecule has 0 saturated carbocycles. The lowest BCUT2D eigenvalue weighted by Crippen LogP contribution is -2.19. The Morgan fingerprint density at radius 2 is 2.03 bits per heavy atom. The fraction of sp³-hybridized carbons (Fsp3) is 0.250. The Bertz CT molecular complexity index is 1460. The minimum absolute atomic E-state index is 0.197. The highest BCUT2D eigenvalue weighted by Gasteiger charge is 2.23. The number of likely N-dealkylation sites (N-methyl/N-ethyl adjacent to an activating group) is 1. The SMILES string of the molecule is CN(C)CCOc1ccc(NC(=O)c2cccc(CNc3ncc(-c4ccnc(N)n4)c4c3CCO4)c2)nc1. The molecular weight excluding hydrogens is 496 g/mol. The first-order chi connectivity index (χ1) is 19.0. The van der Waals surface area contributed by atoms with E-state index in [1.165, 1.54) is 0 Å². The van der Waals surface area contributed by atoms with Crippen LogP contribution in [-0.2, 0) is 13.0 Å². The second-order valence-electron chi connectivity index (χ2n) is 9.27. The standard InChI is InChI=1S/C28H30N8O3/c1-36(2)11-13-38-20-6-7-24(31-16-20)35-27(37)19-5-3-4-18(14-19)15-32-26-21-9-12-39-25(21)22(17-33-26)23-8-10-30-28(29)34-23/h3-8,10,14,16-17H,9,11-13,15H2,1-2H3,(H,32,33)(H2,29,30,34)(H,31,35,37). The number of amides is 1. The van der Waals surface area contributed by atoms with Crippen LogP contribution in [0.5, 0.6) is 11.5 Å². The number of hydrogen-bond donors (Lipinski definition) is 3. The maximum atomic E-state index is 12.9. The number of ether oxygens (including phenoxy) is 2. The number of nitrogens with one attached hydrogen (secondary N) is 2. The minimum atomic E-state index is -0.244. The van der Waals surface area contributed by atoms with Crippen molar-refractivity contribution in [1.29, 1.82) is 0 Å². The Hall–Kier alpha value is -4.77. The molecule has 11 heteroatoms. The molecule has 0 atom stereocenters. The number of nitrogens with two attached hydrogens (primary N) is 1. The zero-order valence-corrected chi connectivity index (χ0v) is 21.8. The van der Waals surface area contributed by atoms with Gasteiger partial charge in [-0.15, -0.1) is 0 Å². The lowest BCUT2D eigenvalue weighted by atomic mass is 10.1. The number of fused-ring (bicyclic) bond motifs is 1. The summed E-state index contributed by atoms with van der Waals surface area (Å²) in [4.78, 5) is 32.1. The van der Waals surface area contributed by atoms with Crippen molar-refractivity contribution in [3.8, 4) is 22.8 Å². The number of pyridine rings is 2. The van der Waals surface area contributed by atoms with Crippen molar-refractivity contribution in [2.24, 2.45) is 0 Å². The molecule has 0 aliphatic carbocycles. The Morgan fingerprint density at radius 1 is 1.13 bits per heavy atom. The van der Waals surface area contributed by atoms with Crippen molar-refractivity contribution in [3.63, 3.8) is 0 Å². The Balaban J connectivity index is 1.22. The van der Waals surface area contributed by atoms with Crippen LogP contribution in [-0.4, -0.2) is 64.6 Å². The van der Waals surface area contributed by atoms with E-state index in [1.54, 1.807) is 42.9 Å². The summed E-state index contributed by atoms with van der Waals surface area (Å²) in [5.74, 6) is 2.55. The van der Waals surface area contributed by atoms with E-state index in [1.807, 2.05) is 37.2 Å². The quantitative estimate of drug-likeness (QED) is 0.282. The minimum Gasteiger partial charge on any atom is -0.492 e. The van der Waals surface area contributed by atoms with Gasteiger partial charge in [-0.25, -0.2) is 19.9 Å². The summed E-state index contributed by atoms with van der Waals surface area (Å²) < 4.78 is 11.6. The van der Waals surface area contributed by atoms with Crippen LogP contribution in [0.3, 0.4) is 0 Å². The molecular formula is C28H30N8O3. The van der Waals surface area contributed by atoms with Crippen molar-refractivity contribution in [3.05, 3.63) is 77.7 Å². The van der Waals surface area contributed by atoms with Crippen LogP contribution in [0.1, 0.15) is 21.5 Å². The zero-order valence-electron chi connectivity index (χ0n) is 21.8. The summed E-state index contributed by atoms with van der Waals surface area (Å²) in [6.07, 6.45) is 5.67. The molecule has 0 radical (unpaired) electrons. The number of hydrogen-bond acceptors (Lipinski definition) is 10. The van der Waals surface area contributed by atoms with Crippen molar-refractivity contribution in [2.75, 3.05) is 50.2 Å². The van der Waals surface area contributed by atoms with Gasteiger partial charge in [-0.2, -0.15) is 0 Å². The summed E-state index contributed by atoms with van der Waals surface area (Å²) in [7, 11) is 3.97. The van der Waals surface area contributed by atoms with Crippen LogP contribution >= 0.6 is 0 Å². The van der Waals surface area contributed by atoms with E-state index in [4.69, 9.17) is 15.2 Å². The predicted molar refractivity (Wildman–Crippen MR) is 149 cm³/mol. The number of aromatic nitrogens is 4. The third kappa shape index (κ3) is 6.39. The van der Waals surface area contributed by atoms with E-state index in [-0.39, 0.29) is 11.9 Å². The topological polar surface area (TPSA) is 140 Å². The molecule has 1 amide bonds. The lowest BCUT2D eigenvalue weighted by Gasteiger charge is -2.13. The number of nitrogens with zero attached hydrogens (tertiary/aromatic N) is 5. The highest BCUT2D eigenvalue weighted by atomic mass is 16.5. The molecule has 3 aromatic heterocycles. The van der Waals surface area contributed by atoms with Gasteiger partial charge in [0, 0.05) is 43.0 Å². The molecule has 5 rings (SSSR count). The van der Waals surface area contributed by atoms with Gasteiger partial charge < -0.3 is 30.7 Å². The number of carbonyl (C=O) groups excluding carboxylic acids is 1. The van der Waals surface area contributed by atoms with E-state index >= 15 is 0 Å². The largest absolute Gasteiger partial charge is 0.492 e. The molecule has 200 valence electrons. The van der Waals surface area contributed by atoms with E-state index in [0.717, 1.165) is 41.2 Å². The van der Waals surface area contributed by atoms with Crippen LogP contribution < -0.4 is 25.8 Å². The molecule has 0 spiro atoms. The molecule has 4 heterocycles. The summed E-state index contributed by atoms with van der Waals surface area (Å²) in [5, 5.41) is 6.23. The van der Waals surface area contributed by atoms with Gasteiger partial charge in [-0.1, -0.05) is 12.1 Å². The molecule has 0 bridgehead atoms. The third-order valence-electron chi connectivity index (χ3n) is 6.11. The number of anilines is 3. The highest BCUT2D eigenvalue weighted by Crippen LogP contribution is 2.39. The van der Waals surface area contributed by atoms with Crippen molar-refractivity contribution >= 4 is 23.5 Å². The monoisotopic (exact) mass is 526 g/mol. The smallest absolute Gasteiger partial charge is 0.256 e. The zero-order chi connectivity index (χ0) is 27.2. The first-order valence-electron chi connectivity index (χ1n) is 12.6. The van der Waals surface area contributed by atoms with Crippen LogP contribution in [0.25, 0.3) is 11.3 Å². The van der Waals surface area contributed by atoms with Crippen LogP contribution in [0.15, 0.2) is 61.1 Å². The number of nitrogen functional groups attached to an aromatic ring is 1. The van der Waals surface area contributed by atoms with Gasteiger partial charge >= 0.3 is 0 Å². The second kappa shape index (κ2) is 11.7. The molecule has 0 fully saturated rings. The van der Waals surface area contributed by atoms with Gasteiger partial charge in [0.05, 0.1) is 24.1 Å². The highest BCUT2D eigenvalue weighted by molar-refractivity contribution is 6.03. The Labute approximate surface area is 226 Å². The Morgan fingerprint density at radius 3 is 2.82 bits per heavy atom. The lowest BCUT2D eigenvalue weighted by molar-refractivity contribution is 0.102. The van der Waals surface area contributed by atoms with Crippen molar-refractivity contribution in [2.45, 2.75) is 13.0 Å². The third-order valence-corrected chi connectivity index (χ3v) is 6.11. The van der Waals surface area contributed by atoms with Crippen molar-refractivity contribution < 1.29 is 14.3 Å². The second-order valence-corrected chi connectivity index (χ2v) is 9.27. The first kappa shape index (κ1) is 25.9. The maximum absolute atomic E-state index is 12.9. The van der Waals surface area contributed by atoms with Gasteiger partial charge in [0.15, 0.2) is 0 Å². The normalized spacial score (nSPS) is 12.1. The number of carbonyl (C=O) groups is 1.